The second kappa shape index (κ2) is 6.29. The van der Waals surface area contributed by atoms with Crippen molar-refractivity contribution in [3.05, 3.63) is 65.8 Å². The fourth-order valence-corrected chi connectivity index (χ4v) is 3.36. The molecule has 22 heavy (non-hydrogen) atoms. The number of benzene rings is 1. The highest BCUT2D eigenvalue weighted by Crippen LogP contribution is 2.20. The average molecular weight is 316 g/mol. The maximum Gasteiger partial charge on any atom is 0.236 e. The van der Waals surface area contributed by atoms with Crippen LogP contribution in [0.25, 0.3) is 6.08 Å². The molecule has 1 aliphatic heterocycles. The molecule has 3 rings (SSSR count). The molecule has 114 valence electrons. The van der Waals surface area contributed by atoms with Crippen molar-refractivity contribution in [2.45, 2.75) is 6.10 Å². The van der Waals surface area contributed by atoms with E-state index in [1.165, 1.54) is 9.71 Å². The SMILES string of the molecule is O=S(=O)(/C=C/c1ccccc1)N1CC(Oc2cccnc2)C1. The number of aromatic nitrogens is 1. The Labute approximate surface area is 129 Å². The van der Waals surface area contributed by atoms with Crippen LogP contribution in [0.3, 0.4) is 0 Å². The van der Waals surface area contributed by atoms with Gasteiger partial charge in [-0.05, 0) is 23.8 Å². The van der Waals surface area contributed by atoms with Crippen LogP contribution in [0.1, 0.15) is 5.56 Å². The Kier molecular flexibility index (Phi) is 4.22. The number of hydrogen-bond acceptors (Lipinski definition) is 4. The first-order valence-corrected chi connectivity index (χ1v) is 8.44. The molecule has 0 unspecified atom stereocenters. The van der Waals surface area contributed by atoms with Crippen molar-refractivity contribution in [2.75, 3.05) is 13.1 Å². The number of ether oxygens (including phenoxy) is 1. The first kappa shape index (κ1) is 14.7. The normalized spacial score (nSPS) is 16.5. The van der Waals surface area contributed by atoms with Crippen LogP contribution in [0.4, 0.5) is 0 Å². The zero-order valence-electron chi connectivity index (χ0n) is 11.9. The van der Waals surface area contributed by atoms with Gasteiger partial charge in [0.15, 0.2) is 0 Å². The highest BCUT2D eigenvalue weighted by Gasteiger charge is 2.35. The van der Waals surface area contributed by atoms with Gasteiger partial charge in [-0.25, -0.2) is 8.42 Å². The molecule has 1 aromatic heterocycles. The predicted octanol–water partition coefficient (Wildman–Crippen LogP) is 2.15. The minimum Gasteiger partial charge on any atom is -0.486 e. The maximum absolute atomic E-state index is 12.2. The van der Waals surface area contributed by atoms with E-state index >= 15 is 0 Å². The second-order valence-corrected chi connectivity index (χ2v) is 6.82. The molecule has 0 amide bonds. The summed E-state index contributed by atoms with van der Waals surface area (Å²) in [6, 6.07) is 12.9. The van der Waals surface area contributed by atoms with E-state index in [0.717, 1.165) is 5.56 Å². The monoisotopic (exact) mass is 316 g/mol. The van der Waals surface area contributed by atoms with Gasteiger partial charge in [0.1, 0.15) is 11.9 Å². The lowest BCUT2D eigenvalue weighted by atomic mass is 10.2. The van der Waals surface area contributed by atoms with E-state index in [-0.39, 0.29) is 6.10 Å². The summed E-state index contributed by atoms with van der Waals surface area (Å²) in [6.07, 6.45) is 4.76. The number of hydrogen-bond donors (Lipinski definition) is 0. The number of pyridine rings is 1. The van der Waals surface area contributed by atoms with Crippen LogP contribution < -0.4 is 4.74 Å². The lowest BCUT2D eigenvalue weighted by Crippen LogP contribution is -2.55. The van der Waals surface area contributed by atoms with Crippen LogP contribution in [0.15, 0.2) is 60.3 Å². The lowest BCUT2D eigenvalue weighted by Gasteiger charge is -2.36. The van der Waals surface area contributed by atoms with Gasteiger partial charge in [-0.2, -0.15) is 4.31 Å². The lowest BCUT2D eigenvalue weighted by molar-refractivity contribution is 0.0768. The Morgan fingerprint density at radius 3 is 2.59 bits per heavy atom. The van der Waals surface area contributed by atoms with E-state index in [2.05, 4.69) is 4.98 Å². The third kappa shape index (κ3) is 3.52. The van der Waals surface area contributed by atoms with E-state index in [1.54, 1.807) is 30.6 Å². The van der Waals surface area contributed by atoms with Crippen molar-refractivity contribution < 1.29 is 13.2 Å². The molecule has 2 heterocycles. The van der Waals surface area contributed by atoms with Gasteiger partial charge in [0.05, 0.1) is 19.3 Å². The minimum atomic E-state index is -3.39. The molecular weight excluding hydrogens is 300 g/mol. The smallest absolute Gasteiger partial charge is 0.236 e. The Hall–Kier alpha value is -2.18. The summed E-state index contributed by atoms with van der Waals surface area (Å²) in [5.41, 5.74) is 0.856. The van der Waals surface area contributed by atoms with E-state index in [4.69, 9.17) is 4.74 Å². The first-order valence-electron chi connectivity index (χ1n) is 6.93. The van der Waals surface area contributed by atoms with E-state index < -0.39 is 10.0 Å². The maximum atomic E-state index is 12.2. The Morgan fingerprint density at radius 2 is 1.91 bits per heavy atom. The fourth-order valence-electron chi connectivity index (χ4n) is 2.11. The highest BCUT2D eigenvalue weighted by atomic mass is 32.2. The van der Waals surface area contributed by atoms with Gasteiger partial charge in [0.25, 0.3) is 0 Å². The summed E-state index contributed by atoms with van der Waals surface area (Å²) in [4.78, 5) is 3.96. The highest BCUT2D eigenvalue weighted by molar-refractivity contribution is 7.92. The van der Waals surface area contributed by atoms with Crippen molar-refractivity contribution in [3.63, 3.8) is 0 Å². The third-order valence-electron chi connectivity index (χ3n) is 3.34. The molecule has 5 nitrogen and oxygen atoms in total. The van der Waals surface area contributed by atoms with Crippen LogP contribution >= 0.6 is 0 Å². The molecule has 0 radical (unpaired) electrons. The van der Waals surface area contributed by atoms with Crippen molar-refractivity contribution in [1.29, 1.82) is 0 Å². The van der Waals surface area contributed by atoms with E-state index in [1.807, 2.05) is 30.3 Å². The van der Waals surface area contributed by atoms with Crippen molar-refractivity contribution in [1.82, 2.24) is 9.29 Å². The van der Waals surface area contributed by atoms with Crippen LogP contribution in [0.2, 0.25) is 0 Å². The molecule has 1 aliphatic rings. The molecule has 2 aromatic rings. The molecule has 0 N–H and O–H groups in total. The number of rotatable bonds is 5. The fraction of sp³-hybridized carbons (Fsp3) is 0.188. The van der Waals surface area contributed by atoms with Gasteiger partial charge < -0.3 is 4.74 Å². The van der Waals surface area contributed by atoms with Gasteiger partial charge >= 0.3 is 0 Å². The number of sulfonamides is 1. The molecule has 0 bridgehead atoms. The van der Waals surface area contributed by atoms with Crippen molar-refractivity contribution in [3.8, 4) is 5.75 Å². The molecule has 0 spiro atoms. The summed E-state index contributed by atoms with van der Waals surface area (Å²) in [6.45, 7) is 0.715. The van der Waals surface area contributed by atoms with Crippen LogP contribution in [-0.2, 0) is 10.0 Å². The molecule has 1 fully saturated rings. The van der Waals surface area contributed by atoms with E-state index in [9.17, 15) is 8.42 Å². The van der Waals surface area contributed by atoms with Crippen LogP contribution in [0, 0.1) is 0 Å². The minimum absolute atomic E-state index is 0.121. The van der Waals surface area contributed by atoms with Crippen molar-refractivity contribution >= 4 is 16.1 Å². The summed E-state index contributed by atoms with van der Waals surface area (Å²) < 4.78 is 31.4. The van der Waals surface area contributed by atoms with Gasteiger partial charge in [0, 0.05) is 11.6 Å². The molecule has 6 heteroatoms. The quantitative estimate of drug-likeness (QED) is 0.848. The van der Waals surface area contributed by atoms with Crippen LogP contribution in [0.5, 0.6) is 5.75 Å². The number of nitrogens with zero attached hydrogens (tertiary/aromatic N) is 2. The summed E-state index contributed by atoms with van der Waals surface area (Å²) in [7, 11) is -3.39. The van der Waals surface area contributed by atoms with Crippen molar-refractivity contribution in [2.24, 2.45) is 0 Å². The van der Waals surface area contributed by atoms with Gasteiger partial charge in [0.2, 0.25) is 10.0 Å². The topological polar surface area (TPSA) is 59.5 Å². The Balaban J connectivity index is 1.56. The van der Waals surface area contributed by atoms with Gasteiger partial charge in [-0.1, -0.05) is 30.3 Å². The zero-order valence-corrected chi connectivity index (χ0v) is 12.7. The molecule has 1 saturated heterocycles. The van der Waals surface area contributed by atoms with Gasteiger partial charge in [-0.3, -0.25) is 4.98 Å². The Bertz CT molecular complexity index is 739. The van der Waals surface area contributed by atoms with Gasteiger partial charge in [-0.15, -0.1) is 0 Å². The Morgan fingerprint density at radius 1 is 1.14 bits per heavy atom. The standard InChI is InChI=1S/C16H16N2O3S/c19-22(20,10-8-14-5-2-1-3-6-14)18-12-16(13-18)21-15-7-4-9-17-11-15/h1-11,16H,12-13H2/b10-8+. The summed E-state index contributed by atoms with van der Waals surface area (Å²) in [5.74, 6) is 0.657. The average Bonchev–Trinajstić information content (AvgIpc) is 2.50. The molecule has 0 aliphatic carbocycles. The third-order valence-corrected chi connectivity index (χ3v) is 4.84. The summed E-state index contributed by atoms with van der Waals surface area (Å²) >= 11 is 0. The van der Waals surface area contributed by atoms with E-state index in [0.29, 0.717) is 18.8 Å². The van der Waals surface area contributed by atoms with Crippen LogP contribution in [-0.4, -0.2) is 36.9 Å². The zero-order chi connectivity index (χ0) is 15.4. The molecular formula is C16H16N2O3S. The molecule has 0 saturated carbocycles. The molecule has 1 aromatic carbocycles. The summed E-state index contributed by atoms with van der Waals surface area (Å²) in [5, 5.41) is 1.24. The predicted molar refractivity (Wildman–Crippen MR) is 84.6 cm³/mol. The largest absolute Gasteiger partial charge is 0.486 e. The first-order chi connectivity index (χ1) is 10.6. The molecule has 0 atom stereocenters. The second-order valence-electron chi connectivity index (χ2n) is 5.00.